The minimum absolute atomic E-state index is 0.00632. The normalized spacial score (nSPS) is 13.8. The number of rotatable bonds is 7. The number of hydrogen-bond donors (Lipinski definition) is 3. The van der Waals surface area contributed by atoms with Gasteiger partial charge in [-0.1, -0.05) is 18.2 Å². The molecule has 3 heterocycles. The van der Waals surface area contributed by atoms with Gasteiger partial charge in [-0.05, 0) is 53.0 Å². The molecule has 0 unspecified atom stereocenters. The fourth-order valence-electron chi connectivity index (χ4n) is 4.42. The van der Waals surface area contributed by atoms with Crippen LogP contribution in [0.4, 0.5) is 24.7 Å². The number of fused-ring (bicyclic) bond motifs is 1. The highest BCUT2D eigenvalue weighted by Gasteiger charge is 2.43. The lowest BCUT2D eigenvalue weighted by atomic mass is 9.99. The lowest BCUT2D eigenvalue weighted by Crippen LogP contribution is -2.31. The number of hydrogen-bond acceptors (Lipinski definition) is 5. The van der Waals surface area contributed by atoms with Crippen LogP contribution in [0.3, 0.4) is 0 Å². The number of halogens is 5. The molecular formula is C27H21BrClF3N6O2. The number of nitrogens with two attached hydrogens (primary N) is 1. The first kappa shape index (κ1) is 27.7. The Morgan fingerprint density at radius 3 is 2.60 bits per heavy atom. The van der Waals surface area contributed by atoms with Gasteiger partial charge in [0.1, 0.15) is 23.0 Å². The largest absolute Gasteiger partial charge is 0.383 e. The van der Waals surface area contributed by atoms with Gasteiger partial charge >= 0.3 is 0 Å². The molecule has 2 amide bonds. The molecule has 8 nitrogen and oxygen atoms in total. The molecule has 4 aromatic rings. The Kier molecular flexibility index (Phi) is 7.09. The van der Waals surface area contributed by atoms with Crippen LogP contribution in [0.2, 0.25) is 5.02 Å². The van der Waals surface area contributed by atoms with Gasteiger partial charge in [-0.2, -0.15) is 0 Å². The third-order valence-electron chi connectivity index (χ3n) is 6.63. The Hall–Kier alpha value is -3.90. The van der Waals surface area contributed by atoms with E-state index < -0.39 is 29.1 Å². The number of pyridine rings is 2. The Balaban J connectivity index is 1.64. The number of amides is 2. The maximum Gasteiger partial charge on any atom is 0.283 e. The van der Waals surface area contributed by atoms with Gasteiger partial charge in [-0.25, -0.2) is 23.1 Å². The maximum absolute atomic E-state index is 15.6. The third kappa shape index (κ3) is 5.04. The number of carbonyl (C=O) groups is 2. The number of carbonyl (C=O) groups excluding carboxylic acids is 2. The summed E-state index contributed by atoms with van der Waals surface area (Å²) in [6, 6.07) is 5.37. The second kappa shape index (κ2) is 10.3. The smallest absolute Gasteiger partial charge is 0.283 e. The highest BCUT2D eigenvalue weighted by atomic mass is 79.9. The highest BCUT2D eigenvalue weighted by Crippen LogP contribution is 2.45. The number of anilines is 2. The molecule has 0 aliphatic heterocycles. The number of aryl methyl sites for hydroxylation is 1. The molecule has 0 bridgehead atoms. The van der Waals surface area contributed by atoms with E-state index in [9.17, 15) is 18.4 Å². The monoisotopic (exact) mass is 632 g/mol. The first-order valence-electron chi connectivity index (χ1n) is 11.9. The summed E-state index contributed by atoms with van der Waals surface area (Å²) in [6.45, 7) is 2.79. The van der Waals surface area contributed by atoms with Crippen LogP contribution >= 0.6 is 27.5 Å². The standard InChI is InChI=1S/C27H21BrClF3N6O2/c1-12(30)25(39)37-14-3-4-15(18(31)8-14)22-19(20-23(38(22)2)16(28)10-35-24(20)33)13-7-17(29)21(34-9-13)26(40)36-11-27(32)5-6-27/h3-4,7-10H,1,5-6,11H2,2H3,(H2,33,35)(H,36,40)(H,37,39). The number of nitrogens with one attached hydrogen (secondary N) is 2. The zero-order valence-electron chi connectivity index (χ0n) is 20.9. The number of nitrogens with zero attached hydrogens (tertiary/aromatic N) is 3. The quantitative estimate of drug-likeness (QED) is 0.213. The van der Waals surface area contributed by atoms with E-state index >= 15 is 4.39 Å². The first-order valence-corrected chi connectivity index (χ1v) is 13.1. The molecule has 206 valence electrons. The summed E-state index contributed by atoms with van der Waals surface area (Å²) in [5.74, 6) is -3.51. The summed E-state index contributed by atoms with van der Waals surface area (Å²) >= 11 is 9.94. The maximum atomic E-state index is 15.6. The van der Waals surface area contributed by atoms with Crippen LogP contribution in [0.15, 0.2) is 53.5 Å². The average Bonchev–Trinajstić information content (AvgIpc) is 3.56. The molecule has 13 heteroatoms. The summed E-state index contributed by atoms with van der Waals surface area (Å²) in [7, 11) is 1.70. The minimum Gasteiger partial charge on any atom is -0.383 e. The van der Waals surface area contributed by atoms with Gasteiger partial charge < -0.3 is 20.9 Å². The predicted octanol–water partition coefficient (Wildman–Crippen LogP) is 6.09. The first-order chi connectivity index (χ1) is 18.9. The van der Waals surface area contributed by atoms with Crippen molar-refractivity contribution in [3.63, 3.8) is 0 Å². The van der Waals surface area contributed by atoms with Gasteiger partial charge in [0, 0.05) is 41.8 Å². The van der Waals surface area contributed by atoms with Gasteiger partial charge in [0.2, 0.25) is 0 Å². The molecule has 1 aromatic carbocycles. The van der Waals surface area contributed by atoms with Crippen molar-refractivity contribution >= 4 is 61.8 Å². The number of alkyl halides is 1. The van der Waals surface area contributed by atoms with E-state index in [-0.39, 0.29) is 34.3 Å². The zero-order valence-corrected chi connectivity index (χ0v) is 23.3. The summed E-state index contributed by atoms with van der Waals surface area (Å²) in [5, 5.41) is 5.21. The van der Waals surface area contributed by atoms with Crippen molar-refractivity contribution in [1.82, 2.24) is 19.9 Å². The van der Waals surface area contributed by atoms with Crippen molar-refractivity contribution in [3.05, 3.63) is 70.1 Å². The molecule has 0 atom stereocenters. The summed E-state index contributed by atoms with van der Waals surface area (Å²) in [5.41, 5.74) is 6.74. The van der Waals surface area contributed by atoms with Gasteiger partial charge in [-0.15, -0.1) is 0 Å². The Morgan fingerprint density at radius 2 is 1.98 bits per heavy atom. The van der Waals surface area contributed by atoms with Gasteiger partial charge in [0.05, 0.1) is 32.6 Å². The van der Waals surface area contributed by atoms with Crippen LogP contribution in [0.5, 0.6) is 0 Å². The van der Waals surface area contributed by atoms with Crippen LogP contribution in [0.1, 0.15) is 23.3 Å². The molecule has 0 spiro atoms. The second-order valence-corrected chi connectivity index (χ2v) is 10.7. The van der Waals surface area contributed by atoms with Crippen LogP contribution in [-0.4, -0.2) is 38.6 Å². The molecule has 4 N–H and O–H groups in total. The molecule has 1 aliphatic rings. The van der Waals surface area contributed by atoms with Crippen molar-refractivity contribution in [1.29, 1.82) is 0 Å². The van der Waals surface area contributed by atoms with E-state index in [4.69, 9.17) is 17.3 Å². The fraction of sp³-hybridized carbons (Fsp3) is 0.185. The van der Waals surface area contributed by atoms with Crippen LogP contribution in [0, 0.1) is 5.82 Å². The van der Waals surface area contributed by atoms with E-state index in [1.807, 2.05) is 0 Å². The van der Waals surface area contributed by atoms with Crippen molar-refractivity contribution in [2.45, 2.75) is 18.5 Å². The van der Waals surface area contributed by atoms with E-state index in [1.165, 1.54) is 30.6 Å². The molecule has 0 radical (unpaired) electrons. The number of benzene rings is 1. The average molecular weight is 634 g/mol. The van der Waals surface area contributed by atoms with Crippen LogP contribution < -0.4 is 16.4 Å². The molecule has 1 fully saturated rings. The lowest BCUT2D eigenvalue weighted by Gasteiger charge is -2.13. The highest BCUT2D eigenvalue weighted by molar-refractivity contribution is 9.10. The second-order valence-electron chi connectivity index (χ2n) is 9.44. The molecule has 3 aromatic heterocycles. The molecule has 1 saturated carbocycles. The van der Waals surface area contributed by atoms with E-state index in [0.717, 1.165) is 6.07 Å². The predicted molar refractivity (Wildman–Crippen MR) is 151 cm³/mol. The Morgan fingerprint density at radius 1 is 1.25 bits per heavy atom. The van der Waals surface area contributed by atoms with E-state index in [0.29, 0.717) is 45.0 Å². The van der Waals surface area contributed by atoms with Gasteiger partial charge in [0.25, 0.3) is 11.8 Å². The third-order valence-corrected chi connectivity index (χ3v) is 7.49. The molecule has 1 aliphatic carbocycles. The SMILES string of the molecule is C=C(F)C(=O)Nc1ccc(-c2c(-c3cnc(C(=O)NCC4(F)CC4)c(Cl)c3)c3c(N)ncc(Br)c3n2C)c(F)c1. The molecule has 40 heavy (non-hydrogen) atoms. The molecule has 0 saturated heterocycles. The van der Waals surface area contributed by atoms with Crippen molar-refractivity contribution in [2.75, 3.05) is 17.6 Å². The van der Waals surface area contributed by atoms with Gasteiger partial charge in [-0.3, -0.25) is 9.59 Å². The van der Waals surface area contributed by atoms with Crippen LogP contribution in [-0.2, 0) is 11.8 Å². The van der Waals surface area contributed by atoms with E-state index in [2.05, 4.69) is 43.1 Å². The Labute approximate surface area is 239 Å². The van der Waals surface area contributed by atoms with Gasteiger partial charge in [0.15, 0.2) is 5.83 Å². The summed E-state index contributed by atoms with van der Waals surface area (Å²) < 4.78 is 45.0. The topological polar surface area (TPSA) is 115 Å². The van der Waals surface area contributed by atoms with Crippen molar-refractivity contribution in [3.8, 4) is 22.4 Å². The fourth-order valence-corrected chi connectivity index (χ4v) is 5.24. The molecular weight excluding hydrogens is 613 g/mol. The summed E-state index contributed by atoms with van der Waals surface area (Å²) in [4.78, 5) is 32.7. The lowest BCUT2D eigenvalue weighted by molar-refractivity contribution is -0.114. The Bertz CT molecular complexity index is 1740. The minimum atomic E-state index is -1.39. The number of nitrogen functional groups attached to an aromatic ring is 1. The van der Waals surface area contributed by atoms with Crippen LogP contribution in [0.25, 0.3) is 33.3 Å². The number of aromatic nitrogens is 3. The van der Waals surface area contributed by atoms with Crippen molar-refractivity contribution in [2.24, 2.45) is 7.05 Å². The van der Waals surface area contributed by atoms with Crippen molar-refractivity contribution < 1.29 is 22.8 Å². The molecule has 5 rings (SSSR count). The zero-order chi connectivity index (χ0) is 28.9. The van der Waals surface area contributed by atoms with E-state index in [1.54, 1.807) is 11.6 Å². The summed E-state index contributed by atoms with van der Waals surface area (Å²) in [6.07, 6.45) is 3.68.